The first-order chi connectivity index (χ1) is 11.5. The number of thioether (sulfide) groups is 1. The summed E-state index contributed by atoms with van der Waals surface area (Å²) < 4.78 is 0.690. The van der Waals surface area contributed by atoms with Crippen molar-refractivity contribution in [2.75, 3.05) is 23.5 Å². The number of terminal acetylenes is 1. The quantitative estimate of drug-likeness (QED) is 0.438. The van der Waals surface area contributed by atoms with Gasteiger partial charge in [0.25, 0.3) is 0 Å². The lowest BCUT2D eigenvalue weighted by Gasteiger charge is -2.22. The van der Waals surface area contributed by atoms with E-state index in [0.29, 0.717) is 26.1 Å². The molecule has 0 spiro atoms. The number of pyridine rings is 1. The fraction of sp³-hybridized carbons (Fsp3) is 0.312. The van der Waals surface area contributed by atoms with Gasteiger partial charge in [0.2, 0.25) is 5.91 Å². The zero-order chi connectivity index (χ0) is 17.7. The molecule has 0 radical (unpaired) electrons. The van der Waals surface area contributed by atoms with Crippen molar-refractivity contribution >= 4 is 45.6 Å². The number of hydrogen-bond acceptors (Lipinski definition) is 5. The summed E-state index contributed by atoms with van der Waals surface area (Å²) in [7, 11) is 0. The second kappa shape index (κ2) is 8.38. The Morgan fingerprint density at radius 3 is 3.04 bits per heavy atom. The maximum Gasteiger partial charge on any atom is 0.232 e. The van der Waals surface area contributed by atoms with Crippen molar-refractivity contribution in [1.82, 2.24) is 4.98 Å². The molecule has 0 N–H and O–H groups in total. The third-order valence-corrected chi connectivity index (χ3v) is 5.53. The highest BCUT2D eigenvalue weighted by atomic mass is 35.5. The van der Waals surface area contributed by atoms with Gasteiger partial charge in [-0.1, -0.05) is 35.8 Å². The Kier molecular flexibility index (Phi) is 6.49. The molecule has 1 unspecified atom stereocenters. The van der Waals surface area contributed by atoms with Gasteiger partial charge in [0.05, 0.1) is 12.1 Å². The summed E-state index contributed by atoms with van der Waals surface area (Å²) in [6.45, 7) is 1.98. The molecular weight excluding hydrogens is 366 g/mol. The third-order valence-electron chi connectivity index (χ3n) is 3.19. The maximum absolute atomic E-state index is 12.7. The highest BCUT2D eigenvalue weighted by Crippen LogP contribution is 2.37. The van der Waals surface area contributed by atoms with E-state index >= 15 is 0 Å². The maximum atomic E-state index is 12.7. The van der Waals surface area contributed by atoms with Crippen molar-refractivity contribution in [3.05, 3.63) is 34.9 Å². The first-order valence-electron chi connectivity index (χ1n) is 7.07. The van der Waals surface area contributed by atoms with Gasteiger partial charge in [0, 0.05) is 17.7 Å². The number of anilines is 1. The Labute approximate surface area is 154 Å². The lowest BCUT2D eigenvalue weighted by molar-refractivity contribution is -0.604. The number of aromatic nitrogens is 2. The van der Waals surface area contributed by atoms with E-state index < -0.39 is 0 Å². The number of carbonyl (C=O) groups excluding carboxylic acids is 1. The van der Waals surface area contributed by atoms with Crippen LogP contribution in [0.1, 0.15) is 6.92 Å². The average molecular weight is 382 g/mol. The van der Waals surface area contributed by atoms with E-state index in [0.717, 1.165) is 0 Å². The highest BCUT2D eigenvalue weighted by Gasteiger charge is 2.26. The first kappa shape index (κ1) is 18.6. The van der Waals surface area contributed by atoms with Crippen LogP contribution in [0, 0.1) is 23.5 Å². The molecule has 8 heteroatoms. The number of nitrogens with zero attached hydrogens (tertiary/aromatic N) is 3. The average Bonchev–Trinajstić information content (AvgIpc) is 2.94. The summed E-state index contributed by atoms with van der Waals surface area (Å²) in [5, 5.41) is 12.7. The van der Waals surface area contributed by atoms with Crippen LogP contribution in [0.25, 0.3) is 10.6 Å². The molecule has 2 aromatic heterocycles. The fourth-order valence-electron chi connectivity index (χ4n) is 2.09. The molecule has 2 aromatic rings. The minimum absolute atomic E-state index is 0.0913. The lowest BCUT2D eigenvalue weighted by atomic mass is 10.2. The highest BCUT2D eigenvalue weighted by molar-refractivity contribution is 7.98. The summed E-state index contributed by atoms with van der Waals surface area (Å²) in [6.07, 6.45) is 10.2. The van der Waals surface area contributed by atoms with Crippen LogP contribution in [-0.2, 0) is 4.79 Å². The number of hydrogen-bond donors (Lipinski definition) is 0. The van der Waals surface area contributed by atoms with Crippen LogP contribution in [0.3, 0.4) is 0 Å². The summed E-state index contributed by atoms with van der Waals surface area (Å²) >= 11 is 9.07. The van der Waals surface area contributed by atoms with Crippen LogP contribution in [0.15, 0.2) is 24.5 Å². The molecule has 1 atom stereocenters. The number of carbonyl (C=O) groups is 1. The van der Waals surface area contributed by atoms with E-state index in [1.165, 1.54) is 28.6 Å². The van der Waals surface area contributed by atoms with Gasteiger partial charge in [-0.3, -0.25) is 9.69 Å². The number of amides is 1. The first-order valence-corrected chi connectivity index (χ1v) is 9.66. The SMILES string of the molecule is C#CCN(C(=O)C(C)CSC)c1sc(-c2ccc[n+]([O-])c2)nc1Cl. The molecule has 0 saturated carbocycles. The molecule has 24 heavy (non-hydrogen) atoms. The van der Waals surface area contributed by atoms with Crippen LogP contribution < -0.4 is 9.63 Å². The van der Waals surface area contributed by atoms with Gasteiger partial charge in [-0.25, -0.2) is 4.98 Å². The monoisotopic (exact) mass is 381 g/mol. The van der Waals surface area contributed by atoms with Gasteiger partial charge in [0.15, 0.2) is 17.5 Å². The minimum atomic E-state index is -0.185. The second-order valence-corrected chi connectivity index (χ2v) is 7.30. The molecule has 0 aliphatic rings. The molecule has 126 valence electrons. The molecule has 2 heterocycles. The standard InChI is InChI=1S/C16H16ClN3O2S2/c1-4-7-20(15(21)11(2)10-23-3)16-13(17)18-14(24-16)12-6-5-8-19(22)9-12/h1,5-6,8-9,11H,7,10H2,2-3H3. The molecule has 0 aliphatic heterocycles. The van der Waals surface area contributed by atoms with E-state index in [4.69, 9.17) is 18.0 Å². The number of thiazole rings is 1. The van der Waals surface area contributed by atoms with Crippen LogP contribution in [-0.4, -0.2) is 29.4 Å². The van der Waals surface area contributed by atoms with Crippen molar-refractivity contribution in [1.29, 1.82) is 0 Å². The molecule has 0 bridgehead atoms. The third kappa shape index (κ3) is 4.20. The topological polar surface area (TPSA) is 60.1 Å². The van der Waals surface area contributed by atoms with Crippen LogP contribution in [0.4, 0.5) is 5.00 Å². The Bertz CT molecular complexity index is 773. The van der Waals surface area contributed by atoms with Gasteiger partial charge in [-0.05, 0) is 12.3 Å². The van der Waals surface area contributed by atoms with Gasteiger partial charge in [-0.15, -0.1) is 6.42 Å². The predicted molar refractivity (Wildman–Crippen MR) is 100 cm³/mol. The summed E-state index contributed by atoms with van der Waals surface area (Å²) in [4.78, 5) is 18.4. The number of halogens is 1. The smallest absolute Gasteiger partial charge is 0.232 e. The Morgan fingerprint density at radius 2 is 2.42 bits per heavy atom. The van der Waals surface area contributed by atoms with Crippen LogP contribution in [0.5, 0.6) is 0 Å². The van der Waals surface area contributed by atoms with Gasteiger partial charge in [-0.2, -0.15) is 16.5 Å². The molecule has 0 fully saturated rings. The number of rotatable bonds is 6. The van der Waals surface area contributed by atoms with Gasteiger partial charge in [0.1, 0.15) is 10.0 Å². The normalized spacial score (nSPS) is 11.8. The van der Waals surface area contributed by atoms with Crippen molar-refractivity contribution in [3.63, 3.8) is 0 Å². The molecule has 1 amide bonds. The summed E-state index contributed by atoms with van der Waals surface area (Å²) in [6, 6.07) is 3.39. The van der Waals surface area contributed by atoms with Crippen molar-refractivity contribution in [2.45, 2.75) is 6.92 Å². The van der Waals surface area contributed by atoms with Crippen LogP contribution in [0.2, 0.25) is 5.15 Å². The Morgan fingerprint density at radius 1 is 1.67 bits per heavy atom. The fourth-order valence-corrected chi connectivity index (χ4v) is 4.04. The minimum Gasteiger partial charge on any atom is -0.619 e. The van der Waals surface area contributed by atoms with E-state index in [1.54, 1.807) is 23.9 Å². The largest absolute Gasteiger partial charge is 0.619 e. The van der Waals surface area contributed by atoms with Gasteiger partial charge >= 0.3 is 0 Å². The van der Waals surface area contributed by atoms with E-state index in [9.17, 15) is 10.0 Å². The molecule has 0 aromatic carbocycles. The molecule has 5 nitrogen and oxygen atoms in total. The van der Waals surface area contributed by atoms with E-state index in [2.05, 4.69) is 10.9 Å². The second-order valence-electron chi connectivity index (χ2n) is 5.05. The Hall–Kier alpha value is -1.75. The zero-order valence-corrected chi connectivity index (χ0v) is 15.6. The molecular formula is C16H16ClN3O2S2. The molecule has 0 aliphatic carbocycles. The van der Waals surface area contributed by atoms with Crippen molar-refractivity contribution < 1.29 is 9.52 Å². The molecule has 0 saturated heterocycles. The van der Waals surface area contributed by atoms with Crippen molar-refractivity contribution in [2.24, 2.45) is 5.92 Å². The van der Waals surface area contributed by atoms with E-state index in [-0.39, 0.29) is 23.5 Å². The zero-order valence-electron chi connectivity index (χ0n) is 13.2. The lowest BCUT2D eigenvalue weighted by Crippen LogP contribution is -2.36. The van der Waals surface area contributed by atoms with Gasteiger partial charge < -0.3 is 5.21 Å². The van der Waals surface area contributed by atoms with Crippen LogP contribution >= 0.6 is 34.7 Å². The summed E-state index contributed by atoms with van der Waals surface area (Å²) in [5.74, 6) is 2.91. The Balaban J connectivity index is 2.38. The van der Waals surface area contributed by atoms with Crippen molar-refractivity contribution in [3.8, 4) is 22.9 Å². The van der Waals surface area contributed by atoms with E-state index in [1.807, 2.05) is 13.2 Å². The molecule has 2 rings (SSSR count). The summed E-state index contributed by atoms with van der Waals surface area (Å²) in [5.41, 5.74) is 0.635. The predicted octanol–water partition coefficient (Wildman–Crippen LogP) is 3.06.